The highest BCUT2D eigenvalue weighted by Crippen LogP contribution is 2.51. The van der Waals surface area contributed by atoms with Gasteiger partial charge in [0.05, 0.1) is 11.4 Å². The summed E-state index contributed by atoms with van der Waals surface area (Å²) in [5.41, 5.74) is 5.19. The molecule has 1 aliphatic carbocycles. The van der Waals surface area contributed by atoms with Gasteiger partial charge in [0.25, 0.3) is 0 Å². The van der Waals surface area contributed by atoms with Crippen molar-refractivity contribution in [3.05, 3.63) is 66.5 Å². The normalized spacial score (nSPS) is 24.8. The van der Waals surface area contributed by atoms with Gasteiger partial charge < -0.3 is 4.57 Å². The van der Waals surface area contributed by atoms with Crippen molar-refractivity contribution in [3.63, 3.8) is 0 Å². The highest BCUT2D eigenvalue weighted by molar-refractivity contribution is 5.79. The SMILES string of the molecule is C[C@]12CCC[C@H]1CCn1c2nc(-c2ccccc2)c1-c1ccccc1. The van der Waals surface area contributed by atoms with E-state index in [1.807, 2.05) is 0 Å². The van der Waals surface area contributed by atoms with Gasteiger partial charge in [-0.25, -0.2) is 4.98 Å². The maximum absolute atomic E-state index is 5.27. The van der Waals surface area contributed by atoms with Crippen LogP contribution >= 0.6 is 0 Å². The van der Waals surface area contributed by atoms with Crippen LogP contribution in [-0.2, 0) is 12.0 Å². The highest BCUT2D eigenvalue weighted by atomic mass is 15.1. The number of nitrogens with zero attached hydrogens (tertiary/aromatic N) is 2. The smallest absolute Gasteiger partial charge is 0.116 e. The first-order valence-electron chi connectivity index (χ1n) is 9.49. The van der Waals surface area contributed by atoms with E-state index in [-0.39, 0.29) is 5.41 Å². The van der Waals surface area contributed by atoms with Crippen LogP contribution in [0.25, 0.3) is 22.5 Å². The Balaban J connectivity index is 1.78. The first kappa shape index (κ1) is 14.9. The zero-order valence-electron chi connectivity index (χ0n) is 14.8. The highest BCUT2D eigenvalue weighted by Gasteiger charge is 2.46. The third-order valence-corrected chi connectivity index (χ3v) is 6.42. The van der Waals surface area contributed by atoms with E-state index in [1.54, 1.807) is 0 Å². The molecule has 2 heteroatoms. The molecular formula is C23H24N2. The summed E-state index contributed by atoms with van der Waals surface area (Å²) in [5.74, 6) is 2.12. The van der Waals surface area contributed by atoms with Crippen molar-refractivity contribution in [2.45, 2.75) is 44.6 Å². The minimum absolute atomic E-state index is 0.245. The third kappa shape index (κ3) is 2.20. The minimum Gasteiger partial charge on any atom is -0.327 e. The van der Waals surface area contributed by atoms with E-state index in [0.29, 0.717) is 0 Å². The quantitative estimate of drug-likeness (QED) is 0.592. The largest absolute Gasteiger partial charge is 0.327 e. The molecule has 0 unspecified atom stereocenters. The van der Waals surface area contributed by atoms with Crippen LogP contribution in [0.4, 0.5) is 0 Å². The first-order chi connectivity index (χ1) is 12.3. The minimum atomic E-state index is 0.245. The van der Waals surface area contributed by atoms with Gasteiger partial charge in [-0.2, -0.15) is 0 Å². The van der Waals surface area contributed by atoms with Gasteiger partial charge in [-0.05, 0) is 25.2 Å². The maximum Gasteiger partial charge on any atom is 0.116 e. The molecule has 1 saturated carbocycles. The lowest BCUT2D eigenvalue weighted by molar-refractivity contribution is 0.249. The van der Waals surface area contributed by atoms with Crippen LogP contribution in [0.1, 0.15) is 38.4 Å². The Morgan fingerprint density at radius 1 is 0.920 bits per heavy atom. The van der Waals surface area contributed by atoms with Crippen molar-refractivity contribution in [1.82, 2.24) is 9.55 Å². The van der Waals surface area contributed by atoms with Crippen LogP contribution in [0.5, 0.6) is 0 Å². The lowest BCUT2D eigenvalue weighted by Gasteiger charge is -2.36. The fourth-order valence-corrected chi connectivity index (χ4v) is 5.07. The van der Waals surface area contributed by atoms with Crippen molar-refractivity contribution < 1.29 is 0 Å². The van der Waals surface area contributed by atoms with Crippen molar-refractivity contribution in [2.24, 2.45) is 5.92 Å². The van der Waals surface area contributed by atoms with E-state index in [2.05, 4.69) is 72.2 Å². The molecule has 0 saturated heterocycles. The Kier molecular flexibility index (Phi) is 3.34. The Morgan fingerprint density at radius 2 is 1.60 bits per heavy atom. The summed E-state index contributed by atoms with van der Waals surface area (Å²) in [7, 11) is 0. The van der Waals surface area contributed by atoms with E-state index in [9.17, 15) is 0 Å². The van der Waals surface area contributed by atoms with Crippen LogP contribution in [-0.4, -0.2) is 9.55 Å². The summed E-state index contributed by atoms with van der Waals surface area (Å²) in [6.45, 7) is 3.55. The zero-order chi connectivity index (χ0) is 16.9. The molecule has 25 heavy (non-hydrogen) atoms. The number of hydrogen-bond donors (Lipinski definition) is 0. The van der Waals surface area contributed by atoms with Crippen LogP contribution in [0.2, 0.25) is 0 Å². The molecule has 2 atom stereocenters. The molecule has 3 aromatic rings. The first-order valence-corrected chi connectivity index (χ1v) is 9.49. The maximum atomic E-state index is 5.27. The number of rotatable bonds is 2. The Morgan fingerprint density at radius 3 is 2.32 bits per heavy atom. The molecule has 0 amide bonds. The Labute approximate surface area is 149 Å². The molecule has 2 heterocycles. The second-order valence-electron chi connectivity index (χ2n) is 7.81. The molecule has 2 aromatic carbocycles. The number of fused-ring (bicyclic) bond motifs is 3. The Hall–Kier alpha value is -2.35. The van der Waals surface area contributed by atoms with Crippen LogP contribution in [0.3, 0.4) is 0 Å². The predicted molar refractivity (Wildman–Crippen MR) is 102 cm³/mol. The van der Waals surface area contributed by atoms with Gasteiger partial charge in [0, 0.05) is 23.1 Å². The van der Waals surface area contributed by atoms with Gasteiger partial charge in [0.2, 0.25) is 0 Å². The van der Waals surface area contributed by atoms with Crippen LogP contribution in [0.15, 0.2) is 60.7 Å². The summed E-state index contributed by atoms with van der Waals surface area (Å²) in [6.07, 6.45) is 5.27. The molecule has 1 aliphatic heterocycles. The average molecular weight is 328 g/mol. The monoisotopic (exact) mass is 328 g/mol. The Bertz CT molecular complexity index is 895. The standard InChI is InChI=1S/C23H24N2/c1-23-15-8-13-19(23)14-16-25-21(18-11-6-3-7-12-18)20(24-22(23)25)17-9-4-2-5-10-17/h2-7,9-12,19H,8,13-16H2,1H3/t19-,23-/m0/s1. The summed E-state index contributed by atoms with van der Waals surface area (Å²) < 4.78 is 2.53. The second-order valence-corrected chi connectivity index (χ2v) is 7.81. The summed E-state index contributed by atoms with van der Waals surface area (Å²) in [6, 6.07) is 21.5. The summed E-state index contributed by atoms with van der Waals surface area (Å²) >= 11 is 0. The van der Waals surface area contributed by atoms with Crippen molar-refractivity contribution in [2.75, 3.05) is 0 Å². The van der Waals surface area contributed by atoms with E-state index in [1.165, 1.54) is 48.3 Å². The topological polar surface area (TPSA) is 17.8 Å². The van der Waals surface area contributed by atoms with Crippen LogP contribution < -0.4 is 0 Å². The van der Waals surface area contributed by atoms with Gasteiger partial charge in [-0.1, -0.05) is 74.0 Å². The van der Waals surface area contributed by atoms with Gasteiger partial charge in [0.15, 0.2) is 0 Å². The van der Waals surface area contributed by atoms with Crippen molar-refractivity contribution >= 4 is 0 Å². The molecule has 126 valence electrons. The molecule has 1 fully saturated rings. The van der Waals surface area contributed by atoms with Crippen molar-refractivity contribution in [3.8, 4) is 22.5 Å². The molecule has 0 spiro atoms. The fraction of sp³-hybridized carbons (Fsp3) is 0.348. The van der Waals surface area contributed by atoms with Gasteiger partial charge in [-0.15, -0.1) is 0 Å². The number of hydrogen-bond acceptors (Lipinski definition) is 1. The molecule has 0 radical (unpaired) electrons. The molecule has 2 aliphatic rings. The van der Waals surface area contributed by atoms with Crippen LogP contribution in [0, 0.1) is 5.92 Å². The molecule has 0 N–H and O–H groups in total. The summed E-state index contributed by atoms with van der Waals surface area (Å²) in [5, 5.41) is 0. The number of imidazole rings is 1. The lowest BCUT2D eigenvalue weighted by atomic mass is 9.75. The van der Waals surface area contributed by atoms with Gasteiger partial charge >= 0.3 is 0 Å². The fourth-order valence-electron chi connectivity index (χ4n) is 5.07. The molecular weight excluding hydrogens is 304 g/mol. The molecule has 0 bridgehead atoms. The average Bonchev–Trinajstić information content (AvgIpc) is 3.24. The molecule has 2 nitrogen and oxygen atoms in total. The van der Waals surface area contributed by atoms with E-state index in [4.69, 9.17) is 4.98 Å². The number of benzene rings is 2. The third-order valence-electron chi connectivity index (χ3n) is 6.42. The predicted octanol–water partition coefficient (Wildman–Crippen LogP) is 5.68. The van der Waals surface area contributed by atoms with Gasteiger partial charge in [0.1, 0.15) is 5.82 Å². The van der Waals surface area contributed by atoms with Gasteiger partial charge in [-0.3, -0.25) is 0 Å². The lowest BCUT2D eigenvalue weighted by Crippen LogP contribution is -2.36. The second kappa shape index (κ2) is 5.59. The summed E-state index contributed by atoms with van der Waals surface area (Å²) in [4.78, 5) is 5.27. The number of aromatic nitrogens is 2. The van der Waals surface area contributed by atoms with Crippen molar-refractivity contribution in [1.29, 1.82) is 0 Å². The van der Waals surface area contributed by atoms with E-state index in [0.717, 1.165) is 18.2 Å². The zero-order valence-corrected chi connectivity index (χ0v) is 14.8. The molecule has 5 rings (SSSR count). The van der Waals surface area contributed by atoms with E-state index >= 15 is 0 Å². The molecule has 1 aromatic heterocycles. The van der Waals surface area contributed by atoms with E-state index < -0.39 is 0 Å².